The molecule has 9 heteroatoms. The third kappa shape index (κ3) is 4.43. The van der Waals surface area contributed by atoms with E-state index in [1.165, 1.54) is 0 Å². The van der Waals surface area contributed by atoms with Crippen molar-refractivity contribution in [2.75, 3.05) is 26.3 Å². The summed E-state index contributed by atoms with van der Waals surface area (Å²) in [5.74, 6) is -1.37. The highest BCUT2D eigenvalue weighted by molar-refractivity contribution is 6.43. The number of furan rings is 1. The van der Waals surface area contributed by atoms with Crippen LogP contribution in [0.15, 0.2) is 34.9 Å². The Hall–Kier alpha value is -2.36. The second kappa shape index (κ2) is 8.35. The molecule has 1 saturated heterocycles. The van der Waals surface area contributed by atoms with E-state index in [0.717, 1.165) is 10.9 Å². The molecule has 26 heavy (non-hydrogen) atoms. The molecule has 0 saturated carbocycles. The molecule has 3 rings (SSSR count). The molecule has 1 aromatic heterocycles. The van der Waals surface area contributed by atoms with Gasteiger partial charge < -0.3 is 29.4 Å². The summed E-state index contributed by atoms with van der Waals surface area (Å²) in [6.45, 7) is 1.22. The van der Waals surface area contributed by atoms with Gasteiger partial charge in [-0.15, -0.1) is 0 Å². The number of carbonyl (C=O) groups is 2. The van der Waals surface area contributed by atoms with Gasteiger partial charge in [0.25, 0.3) is 0 Å². The smallest absolute Gasteiger partial charge is 0.464 e. The number of carbonyl (C=O) groups excluding carboxylic acids is 2. The van der Waals surface area contributed by atoms with Gasteiger partial charge in [-0.3, -0.25) is 9.59 Å². The molecule has 1 aromatic carbocycles. The van der Waals surface area contributed by atoms with Gasteiger partial charge in [0, 0.05) is 24.9 Å². The molecule has 1 atom stereocenters. The zero-order valence-corrected chi connectivity index (χ0v) is 14.3. The van der Waals surface area contributed by atoms with Crippen molar-refractivity contribution in [1.82, 2.24) is 10.2 Å². The van der Waals surface area contributed by atoms with Gasteiger partial charge >= 0.3 is 7.12 Å². The quantitative estimate of drug-likeness (QED) is 0.586. The molecule has 2 amide bonds. The second-order valence-electron chi connectivity index (χ2n) is 6.23. The Balaban J connectivity index is 1.57. The lowest BCUT2D eigenvalue weighted by atomic mass is 9.76. The van der Waals surface area contributed by atoms with Crippen LogP contribution < -0.4 is 5.32 Å². The Morgan fingerprint density at radius 2 is 2.15 bits per heavy atom. The molecule has 1 aliphatic heterocycles. The third-order valence-electron chi connectivity index (χ3n) is 4.40. The predicted octanol–water partition coefficient (Wildman–Crippen LogP) is -0.279. The Labute approximate surface area is 150 Å². The zero-order valence-electron chi connectivity index (χ0n) is 14.3. The largest absolute Gasteiger partial charge is 0.475 e. The van der Waals surface area contributed by atoms with Gasteiger partial charge in [0.1, 0.15) is 12.2 Å². The number of fused-ring (bicyclic) bond motifs is 1. The highest BCUT2D eigenvalue weighted by Crippen LogP contribution is 2.22. The van der Waals surface area contributed by atoms with Crippen LogP contribution in [0.2, 0.25) is 0 Å². The van der Waals surface area contributed by atoms with Crippen LogP contribution in [0.4, 0.5) is 0 Å². The van der Waals surface area contributed by atoms with E-state index in [1.807, 2.05) is 24.3 Å². The summed E-state index contributed by atoms with van der Waals surface area (Å²) < 4.78 is 10.5. The summed E-state index contributed by atoms with van der Waals surface area (Å²) in [6.07, 6.45) is 1.86. The van der Waals surface area contributed by atoms with Crippen molar-refractivity contribution in [3.63, 3.8) is 0 Å². The Morgan fingerprint density at radius 3 is 2.92 bits per heavy atom. The fourth-order valence-electron chi connectivity index (χ4n) is 2.96. The number of hydrogen-bond acceptors (Lipinski definition) is 6. The van der Waals surface area contributed by atoms with Crippen LogP contribution in [0.5, 0.6) is 0 Å². The minimum Gasteiger partial charge on any atom is -0.464 e. The number of rotatable bonds is 7. The van der Waals surface area contributed by atoms with Crippen molar-refractivity contribution < 1.29 is 28.8 Å². The normalized spacial score (nSPS) is 15.9. The standard InChI is InChI=1S/C17H21BN2O6/c21-16(5-6-20-7-8-25-11-17(20)22)19-15(18(23)24)9-12-10-26-14-4-2-1-3-13(12)14/h1-4,10,15,23-24H,5-9,11H2,(H,19,21)/t15-/m0/s1. The van der Waals surface area contributed by atoms with Crippen molar-refractivity contribution >= 4 is 29.9 Å². The van der Waals surface area contributed by atoms with Crippen molar-refractivity contribution in [1.29, 1.82) is 0 Å². The van der Waals surface area contributed by atoms with E-state index >= 15 is 0 Å². The van der Waals surface area contributed by atoms with Gasteiger partial charge in [-0.05, 0) is 18.1 Å². The molecule has 0 aliphatic carbocycles. The molecule has 8 nitrogen and oxygen atoms in total. The van der Waals surface area contributed by atoms with Gasteiger partial charge in [-0.25, -0.2) is 0 Å². The SMILES string of the molecule is O=C(CCN1CCOCC1=O)N[C@@H](Cc1coc2ccccc12)B(O)O. The Kier molecular flexibility index (Phi) is 5.92. The average Bonchev–Trinajstić information content (AvgIpc) is 3.03. The van der Waals surface area contributed by atoms with Gasteiger partial charge in [-0.2, -0.15) is 0 Å². The fraction of sp³-hybridized carbons (Fsp3) is 0.412. The number of amides is 2. The minimum absolute atomic E-state index is 0.0349. The van der Waals surface area contributed by atoms with Gasteiger partial charge in [-0.1, -0.05) is 18.2 Å². The van der Waals surface area contributed by atoms with Crippen molar-refractivity contribution in [2.45, 2.75) is 18.8 Å². The summed E-state index contributed by atoms with van der Waals surface area (Å²) >= 11 is 0. The molecule has 3 N–H and O–H groups in total. The predicted molar refractivity (Wildman–Crippen MR) is 94.1 cm³/mol. The first-order chi connectivity index (χ1) is 12.5. The molecule has 0 unspecified atom stereocenters. The van der Waals surface area contributed by atoms with E-state index in [2.05, 4.69) is 5.32 Å². The first-order valence-corrected chi connectivity index (χ1v) is 8.50. The van der Waals surface area contributed by atoms with Crippen LogP contribution in [-0.2, 0) is 20.7 Å². The third-order valence-corrected chi connectivity index (χ3v) is 4.40. The average molecular weight is 360 g/mol. The van der Waals surface area contributed by atoms with E-state index in [4.69, 9.17) is 9.15 Å². The fourth-order valence-corrected chi connectivity index (χ4v) is 2.96. The van der Waals surface area contributed by atoms with Crippen LogP contribution in [-0.4, -0.2) is 66.1 Å². The Bertz CT molecular complexity index is 777. The van der Waals surface area contributed by atoms with Crippen LogP contribution in [0.1, 0.15) is 12.0 Å². The van der Waals surface area contributed by atoms with Crippen LogP contribution >= 0.6 is 0 Å². The summed E-state index contributed by atoms with van der Waals surface area (Å²) in [7, 11) is -1.71. The lowest BCUT2D eigenvalue weighted by Gasteiger charge is -2.26. The number of nitrogens with one attached hydrogen (secondary N) is 1. The zero-order chi connectivity index (χ0) is 18.5. The van der Waals surface area contributed by atoms with E-state index < -0.39 is 13.1 Å². The van der Waals surface area contributed by atoms with Crippen molar-refractivity contribution in [3.05, 3.63) is 36.1 Å². The number of ether oxygens (including phenoxy) is 1. The molecular formula is C17H21BN2O6. The van der Waals surface area contributed by atoms with Gasteiger partial charge in [0.05, 0.1) is 18.8 Å². The lowest BCUT2D eigenvalue weighted by Crippen LogP contribution is -2.49. The van der Waals surface area contributed by atoms with Crippen molar-refractivity contribution in [3.8, 4) is 0 Å². The number of para-hydroxylation sites is 1. The highest BCUT2D eigenvalue weighted by atomic mass is 16.5. The molecule has 0 bridgehead atoms. The maximum atomic E-state index is 12.2. The molecule has 138 valence electrons. The van der Waals surface area contributed by atoms with Gasteiger partial charge in [0.15, 0.2) is 0 Å². The highest BCUT2D eigenvalue weighted by Gasteiger charge is 2.27. The van der Waals surface area contributed by atoms with E-state index in [-0.39, 0.29) is 37.8 Å². The van der Waals surface area contributed by atoms with E-state index in [1.54, 1.807) is 11.2 Å². The number of morpholine rings is 1. The van der Waals surface area contributed by atoms with E-state index in [0.29, 0.717) is 18.7 Å². The minimum atomic E-state index is -1.71. The molecule has 1 fully saturated rings. The summed E-state index contributed by atoms with van der Waals surface area (Å²) in [5.41, 5.74) is 1.48. The molecular weight excluding hydrogens is 339 g/mol. The monoisotopic (exact) mass is 360 g/mol. The number of nitrogens with zero attached hydrogens (tertiary/aromatic N) is 1. The van der Waals surface area contributed by atoms with Crippen molar-refractivity contribution in [2.24, 2.45) is 0 Å². The summed E-state index contributed by atoms with van der Waals surface area (Å²) in [4.78, 5) is 25.4. The van der Waals surface area contributed by atoms with E-state index in [9.17, 15) is 19.6 Å². The first kappa shape index (κ1) is 18.4. The maximum Gasteiger partial charge on any atom is 0.475 e. The number of hydrogen-bond donors (Lipinski definition) is 3. The second-order valence-corrected chi connectivity index (χ2v) is 6.23. The topological polar surface area (TPSA) is 112 Å². The summed E-state index contributed by atoms with van der Waals surface area (Å²) in [6, 6.07) is 7.41. The lowest BCUT2D eigenvalue weighted by molar-refractivity contribution is -0.143. The Morgan fingerprint density at radius 1 is 1.35 bits per heavy atom. The van der Waals surface area contributed by atoms with Gasteiger partial charge in [0.2, 0.25) is 11.8 Å². The molecule has 2 heterocycles. The first-order valence-electron chi connectivity index (χ1n) is 8.50. The molecule has 1 aliphatic rings. The molecule has 2 aromatic rings. The molecule has 0 spiro atoms. The molecule has 0 radical (unpaired) electrons. The van der Waals surface area contributed by atoms with Crippen LogP contribution in [0.3, 0.4) is 0 Å². The maximum absolute atomic E-state index is 12.2. The van der Waals surface area contributed by atoms with Crippen LogP contribution in [0.25, 0.3) is 11.0 Å². The summed E-state index contributed by atoms with van der Waals surface area (Å²) in [5, 5.41) is 22.7. The van der Waals surface area contributed by atoms with Crippen LogP contribution in [0, 0.1) is 0 Å². The number of benzene rings is 1.